The molecule has 122 valence electrons. The first-order valence-corrected chi connectivity index (χ1v) is 8.24. The molecular weight excluding hydrogens is 332 g/mol. The Balaban J connectivity index is 3.18. The summed E-state index contributed by atoms with van der Waals surface area (Å²) in [5.74, 6) is -2.14. The van der Waals surface area contributed by atoms with E-state index in [1.165, 1.54) is 6.07 Å². The molecule has 1 rings (SSSR count). The zero-order valence-electron chi connectivity index (χ0n) is 12.0. The van der Waals surface area contributed by atoms with Crippen molar-refractivity contribution in [1.29, 1.82) is 0 Å². The number of nitrogens with one attached hydrogen (secondary N) is 1. The van der Waals surface area contributed by atoms with E-state index in [1.807, 2.05) is 0 Å². The van der Waals surface area contributed by atoms with Gasteiger partial charge in [-0.1, -0.05) is 25.4 Å². The third-order valence-electron chi connectivity index (χ3n) is 2.77. The second-order valence-corrected chi connectivity index (χ2v) is 7.33. The zero-order chi connectivity index (χ0) is 17.1. The van der Waals surface area contributed by atoms with E-state index in [4.69, 9.17) is 22.4 Å². The number of carbonyl (C=O) groups is 2. The molecule has 0 fully saturated rings. The number of carboxylic acids is 1. The molecule has 4 N–H and O–H groups in total. The standard InChI is InChI=1S/C13H17ClN2O5S/c1-7(2)3-11(13(18)19)16-22(20,21)10-5-8(12(15)17)4-9(14)6-10/h4-7,11,16H,3H2,1-2H3,(H2,15,17)(H,18,19). The van der Waals surface area contributed by atoms with Crippen LogP contribution in [0.4, 0.5) is 0 Å². The van der Waals surface area contributed by atoms with Gasteiger partial charge in [0.25, 0.3) is 0 Å². The maximum atomic E-state index is 12.3. The van der Waals surface area contributed by atoms with Crippen LogP contribution in [0, 0.1) is 5.92 Å². The molecule has 7 nitrogen and oxygen atoms in total. The van der Waals surface area contributed by atoms with E-state index in [-0.39, 0.29) is 27.8 Å². The number of aliphatic carboxylic acids is 1. The largest absolute Gasteiger partial charge is 0.480 e. The van der Waals surface area contributed by atoms with Gasteiger partial charge in [-0.3, -0.25) is 9.59 Å². The van der Waals surface area contributed by atoms with Gasteiger partial charge in [0.2, 0.25) is 15.9 Å². The lowest BCUT2D eigenvalue weighted by Crippen LogP contribution is -2.41. The van der Waals surface area contributed by atoms with Crippen LogP contribution in [0.1, 0.15) is 30.6 Å². The summed E-state index contributed by atoms with van der Waals surface area (Å²) in [7, 11) is -4.15. The highest BCUT2D eigenvalue weighted by molar-refractivity contribution is 7.89. The highest BCUT2D eigenvalue weighted by Crippen LogP contribution is 2.20. The number of hydrogen-bond donors (Lipinski definition) is 3. The SMILES string of the molecule is CC(C)CC(NS(=O)(=O)c1cc(Cl)cc(C(N)=O)c1)C(=O)O. The summed E-state index contributed by atoms with van der Waals surface area (Å²) in [6.45, 7) is 3.55. The van der Waals surface area contributed by atoms with Gasteiger partial charge in [-0.15, -0.1) is 0 Å². The molecular formula is C13H17ClN2O5S. The first-order valence-electron chi connectivity index (χ1n) is 6.38. The van der Waals surface area contributed by atoms with Gasteiger partial charge in [-0.2, -0.15) is 4.72 Å². The highest BCUT2D eigenvalue weighted by Gasteiger charge is 2.26. The van der Waals surface area contributed by atoms with E-state index in [9.17, 15) is 18.0 Å². The fraction of sp³-hybridized carbons (Fsp3) is 0.385. The van der Waals surface area contributed by atoms with Crippen LogP contribution in [0.25, 0.3) is 0 Å². The number of benzene rings is 1. The zero-order valence-corrected chi connectivity index (χ0v) is 13.6. The number of rotatable bonds is 7. The van der Waals surface area contributed by atoms with Crippen LogP contribution in [0.5, 0.6) is 0 Å². The maximum Gasteiger partial charge on any atom is 0.321 e. The van der Waals surface area contributed by atoms with Crippen molar-refractivity contribution >= 4 is 33.5 Å². The van der Waals surface area contributed by atoms with E-state index in [2.05, 4.69) is 4.72 Å². The summed E-state index contributed by atoms with van der Waals surface area (Å²) in [4.78, 5) is 22.0. The summed E-state index contributed by atoms with van der Waals surface area (Å²) >= 11 is 5.77. The Morgan fingerprint density at radius 1 is 1.32 bits per heavy atom. The Kier molecular flexibility index (Phi) is 5.92. The van der Waals surface area contributed by atoms with Crippen molar-refractivity contribution in [2.45, 2.75) is 31.2 Å². The lowest BCUT2D eigenvalue weighted by Gasteiger charge is -2.17. The molecule has 0 aliphatic rings. The molecule has 0 bridgehead atoms. The average Bonchev–Trinajstić information content (AvgIpc) is 2.36. The Morgan fingerprint density at radius 2 is 1.91 bits per heavy atom. The summed E-state index contributed by atoms with van der Waals surface area (Å²) in [6.07, 6.45) is 0.123. The van der Waals surface area contributed by atoms with Gasteiger partial charge < -0.3 is 10.8 Å². The van der Waals surface area contributed by atoms with Crippen molar-refractivity contribution in [2.24, 2.45) is 11.7 Å². The topological polar surface area (TPSA) is 127 Å². The molecule has 1 aromatic carbocycles. The van der Waals surface area contributed by atoms with E-state index >= 15 is 0 Å². The molecule has 9 heteroatoms. The Morgan fingerprint density at radius 3 is 2.36 bits per heavy atom. The molecule has 0 radical (unpaired) electrons. The second-order valence-electron chi connectivity index (χ2n) is 5.18. The second kappa shape index (κ2) is 7.08. The molecule has 0 saturated carbocycles. The van der Waals surface area contributed by atoms with Gasteiger partial charge in [0.05, 0.1) is 4.90 Å². The first-order chi connectivity index (χ1) is 10.0. The maximum absolute atomic E-state index is 12.3. The number of primary amides is 1. The van der Waals surface area contributed by atoms with Gasteiger partial charge in [-0.25, -0.2) is 8.42 Å². The van der Waals surface area contributed by atoms with Gasteiger partial charge >= 0.3 is 5.97 Å². The number of amides is 1. The van der Waals surface area contributed by atoms with E-state index in [1.54, 1.807) is 13.8 Å². The number of halogens is 1. The van der Waals surface area contributed by atoms with Crippen LogP contribution < -0.4 is 10.5 Å². The Labute approximate surface area is 133 Å². The van der Waals surface area contributed by atoms with E-state index in [0.717, 1.165) is 12.1 Å². The lowest BCUT2D eigenvalue weighted by molar-refractivity contribution is -0.139. The van der Waals surface area contributed by atoms with Crippen LogP contribution >= 0.6 is 11.6 Å². The molecule has 0 aliphatic carbocycles. The van der Waals surface area contributed by atoms with Crippen molar-refractivity contribution in [3.8, 4) is 0 Å². The predicted octanol–water partition coefficient (Wildman–Crippen LogP) is 1.22. The van der Waals surface area contributed by atoms with Crippen molar-refractivity contribution in [3.63, 3.8) is 0 Å². The van der Waals surface area contributed by atoms with Gasteiger partial charge in [0.15, 0.2) is 0 Å². The monoisotopic (exact) mass is 348 g/mol. The fourth-order valence-corrected chi connectivity index (χ4v) is 3.36. The Hall–Kier alpha value is -1.64. The third kappa shape index (κ3) is 4.97. The molecule has 1 amide bonds. The number of hydrogen-bond acceptors (Lipinski definition) is 4. The molecule has 1 unspecified atom stereocenters. The normalized spacial score (nSPS) is 13.1. The molecule has 0 aliphatic heterocycles. The van der Waals surface area contributed by atoms with Crippen LogP contribution in [-0.4, -0.2) is 31.4 Å². The first kappa shape index (κ1) is 18.4. The van der Waals surface area contributed by atoms with E-state index in [0.29, 0.717) is 0 Å². The Bertz CT molecular complexity index is 688. The number of sulfonamides is 1. The molecule has 1 aromatic rings. The van der Waals surface area contributed by atoms with Crippen LogP contribution in [0.2, 0.25) is 5.02 Å². The minimum atomic E-state index is -4.15. The number of carbonyl (C=O) groups excluding carboxylic acids is 1. The highest BCUT2D eigenvalue weighted by atomic mass is 35.5. The molecule has 0 spiro atoms. The van der Waals surface area contributed by atoms with Crippen molar-refractivity contribution < 1.29 is 23.1 Å². The third-order valence-corrected chi connectivity index (χ3v) is 4.44. The minimum absolute atomic E-state index is 0.00686. The van der Waals surface area contributed by atoms with Crippen molar-refractivity contribution in [1.82, 2.24) is 4.72 Å². The van der Waals surface area contributed by atoms with Gasteiger partial charge in [0.1, 0.15) is 6.04 Å². The summed E-state index contributed by atoms with van der Waals surface area (Å²) in [6, 6.07) is 2.11. The van der Waals surface area contributed by atoms with Crippen molar-refractivity contribution in [3.05, 3.63) is 28.8 Å². The van der Waals surface area contributed by atoms with Crippen LogP contribution in [0.3, 0.4) is 0 Å². The van der Waals surface area contributed by atoms with Crippen LogP contribution in [0.15, 0.2) is 23.1 Å². The smallest absolute Gasteiger partial charge is 0.321 e. The fourth-order valence-electron chi connectivity index (χ4n) is 1.79. The summed E-state index contributed by atoms with van der Waals surface area (Å²) in [5.41, 5.74) is 5.02. The average molecular weight is 349 g/mol. The lowest BCUT2D eigenvalue weighted by atomic mass is 10.1. The predicted molar refractivity (Wildman–Crippen MR) is 81.2 cm³/mol. The minimum Gasteiger partial charge on any atom is -0.480 e. The molecule has 0 aromatic heterocycles. The molecule has 0 heterocycles. The van der Waals surface area contributed by atoms with E-state index < -0.39 is 27.9 Å². The molecule has 22 heavy (non-hydrogen) atoms. The van der Waals surface area contributed by atoms with Gasteiger partial charge in [-0.05, 0) is 30.5 Å². The summed E-state index contributed by atoms with van der Waals surface area (Å²) < 4.78 is 26.6. The number of nitrogens with two attached hydrogens (primary N) is 1. The number of carboxylic acid groups (broad SMARTS) is 1. The van der Waals surface area contributed by atoms with Crippen molar-refractivity contribution in [2.75, 3.05) is 0 Å². The molecule has 1 atom stereocenters. The van der Waals surface area contributed by atoms with Gasteiger partial charge in [0, 0.05) is 10.6 Å². The quantitative estimate of drug-likeness (QED) is 0.682. The van der Waals surface area contributed by atoms with Crippen LogP contribution in [-0.2, 0) is 14.8 Å². The molecule has 0 saturated heterocycles. The summed E-state index contributed by atoms with van der Waals surface area (Å²) in [5, 5.41) is 9.11.